The number of nitriles is 1. The molecule has 0 spiro atoms. The molecule has 1 saturated heterocycles. The average molecular weight is 313 g/mol. The van der Waals surface area contributed by atoms with Crippen molar-refractivity contribution < 1.29 is 14.7 Å². The van der Waals surface area contributed by atoms with Gasteiger partial charge in [0.1, 0.15) is 6.04 Å². The van der Waals surface area contributed by atoms with E-state index in [0.29, 0.717) is 5.56 Å². The van der Waals surface area contributed by atoms with Crippen molar-refractivity contribution in [1.82, 2.24) is 4.90 Å². The third-order valence-corrected chi connectivity index (χ3v) is 3.81. The molecule has 1 N–H and O–H groups in total. The van der Waals surface area contributed by atoms with Crippen LogP contribution in [0.25, 0.3) is 10.4 Å². The molecular weight excluding hydrogens is 298 g/mol. The van der Waals surface area contributed by atoms with Crippen LogP contribution in [0.1, 0.15) is 17.5 Å². The van der Waals surface area contributed by atoms with Crippen LogP contribution in [0, 0.1) is 17.2 Å². The van der Waals surface area contributed by atoms with E-state index in [9.17, 15) is 14.7 Å². The van der Waals surface area contributed by atoms with E-state index in [2.05, 4.69) is 10.0 Å². The number of carboxylic acids is 1. The summed E-state index contributed by atoms with van der Waals surface area (Å²) in [6, 6.07) is 7.64. The van der Waals surface area contributed by atoms with Gasteiger partial charge in [0.15, 0.2) is 0 Å². The minimum Gasteiger partial charge on any atom is -0.480 e. The zero-order chi connectivity index (χ0) is 16.8. The van der Waals surface area contributed by atoms with Gasteiger partial charge in [-0.15, -0.1) is 0 Å². The number of hydrogen-bond donors (Lipinski definition) is 1. The van der Waals surface area contributed by atoms with Crippen molar-refractivity contribution in [2.24, 2.45) is 11.0 Å². The molecule has 1 aromatic rings. The zero-order valence-corrected chi connectivity index (χ0v) is 12.3. The van der Waals surface area contributed by atoms with E-state index in [1.165, 1.54) is 4.90 Å². The number of carboxylic acid groups (broad SMARTS) is 1. The maximum absolute atomic E-state index is 12.1. The highest BCUT2D eigenvalue weighted by molar-refractivity contribution is 5.85. The first-order chi connectivity index (χ1) is 11.0. The summed E-state index contributed by atoms with van der Waals surface area (Å²) in [7, 11) is 0. The number of benzene rings is 1. The predicted molar refractivity (Wildman–Crippen MR) is 80.1 cm³/mol. The van der Waals surface area contributed by atoms with E-state index in [4.69, 9.17) is 10.8 Å². The molecule has 1 unspecified atom stereocenters. The maximum atomic E-state index is 12.1. The summed E-state index contributed by atoms with van der Waals surface area (Å²) in [6.45, 7) is 0.451. The van der Waals surface area contributed by atoms with Crippen molar-refractivity contribution in [3.63, 3.8) is 0 Å². The molecule has 23 heavy (non-hydrogen) atoms. The van der Waals surface area contributed by atoms with Gasteiger partial charge in [-0.3, -0.25) is 4.79 Å². The monoisotopic (exact) mass is 313 g/mol. The van der Waals surface area contributed by atoms with Crippen LogP contribution in [0.15, 0.2) is 29.4 Å². The van der Waals surface area contributed by atoms with Gasteiger partial charge < -0.3 is 10.0 Å². The molecule has 1 amide bonds. The average Bonchev–Trinajstić information content (AvgIpc) is 2.91. The van der Waals surface area contributed by atoms with Crippen LogP contribution in [0.5, 0.6) is 0 Å². The Kier molecular flexibility index (Phi) is 5.18. The summed E-state index contributed by atoms with van der Waals surface area (Å²) in [6.07, 6.45) is 0.358. The Balaban J connectivity index is 2.11. The molecule has 0 bridgehead atoms. The third-order valence-electron chi connectivity index (χ3n) is 3.81. The summed E-state index contributed by atoms with van der Waals surface area (Å²) in [5, 5.41) is 21.7. The van der Waals surface area contributed by atoms with E-state index in [1.54, 1.807) is 24.3 Å². The third kappa shape index (κ3) is 3.99. The van der Waals surface area contributed by atoms with Crippen LogP contribution in [0.4, 0.5) is 0 Å². The lowest BCUT2D eigenvalue weighted by Crippen LogP contribution is -2.43. The maximum Gasteiger partial charge on any atom is 0.326 e. The first kappa shape index (κ1) is 16.3. The smallest absolute Gasteiger partial charge is 0.326 e. The topological polar surface area (TPSA) is 130 Å². The van der Waals surface area contributed by atoms with Crippen molar-refractivity contribution in [2.75, 3.05) is 13.1 Å². The highest BCUT2D eigenvalue weighted by Gasteiger charge is 2.37. The van der Waals surface area contributed by atoms with Gasteiger partial charge in [-0.25, -0.2) is 4.79 Å². The summed E-state index contributed by atoms with van der Waals surface area (Å²) in [4.78, 5) is 27.6. The number of aliphatic carboxylic acids is 1. The Morgan fingerprint density at radius 1 is 1.52 bits per heavy atom. The SMILES string of the molecule is N#Cc1ccc(C[C@@H](C(=O)O)N2CC(CN=[N+]=[N-])CC2=O)cc1. The summed E-state index contributed by atoms with van der Waals surface area (Å²) < 4.78 is 0. The second-order valence-electron chi connectivity index (χ2n) is 5.40. The lowest BCUT2D eigenvalue weighted by molar-refractivity contribution is -0.148. The van der Waals surface area contributed by atoms with Gasteiger partial charge in [0.25, 0.3) is 0 Å². The first-order valence-corrected chi connectivity index (χ1v) is 7.07. The number of rotatable bonds is 6. The number of hydrogen-bond acceptors (Lipinski definition) is 4. The van der Waals surface area contributed by atoms with E-state index >= 15 is 0 Å². The van der Waals surface area contributed by atoms with E-state index in [1.807, 2.05) is 6.07 Å². The quantitative estimate of drug-likeness (QED) is 0.486. The fourth-order valence-electron chi connectivity index (χ4n) is 2.65. The fraction of sp³-hybridized carbons (Fsp3) is 0.400. The largest absolute Gasteiger partial charge is 0.480 e. The molecule has 0 radical (unpaired) electrons. The zero-order valence-electron chi connectivity index (χ0n) is 12.3. The number of nitrogens with zero attached hydrogens (tertiary/aromatic N) is 5. The molecule has 1 aliphatic rings. The molecule has 0 aromatic heterocycles. The number of amides is 1. The van der Waals surface area contributed by atoms with Crippen molar-refractivity contribution in [3.05, 3.63) is 45.8 Å². The predicted octanol–water partition coefficient (Wildman–Crippen LogP) is 1.71. The van der Waals surface area contributed by atoms with Gasteiger partial charge in [-0.05, 0) is 29.1 Å². The minimum atomic E-state index is -1.08. The van der Waals surface area contributed by atoms with Gasteiger partial charge in [-0.1, -0.05) is 17.2 Å². The Bertz CT molecular complexity index is 688. The number of carbonyl (C=O) groups is 2. The lowest BCUT2D eigenvalue weighted by atomic mass is 10.0. The van der Waals surface area contributed by atoms with Gasteiger partial charge in [-0.2, -0.15) is 5.26 Å². The lowest BCUT2D eigenvalue weighted by Gasteiger charge is -2.24. The van der Waals surface area contributed by atoms with Crippen LogP contribution >= 0.6 is 0 Å². The van der Waals surface area contributed by atoms with Gasteiger partial charge in [0, 0.05) is 30.8 Å². The van der Waals surface area contributed by atoms with Gasteiger partial charge in [0.05, 0.1) is 11.6 Å². The number of likely N-dealkylation sites (tertiary alicyclic amines) is 1. The highest BCUT2D eigenvalue weighted by atomic mass is 16.4. The second-order valence-corrected chi connectivity index (χ2v) is 5.40. The van der Waals surface area contributed by atoms with E-state index in [0.717, 1.165) is 5.56 Å². The Hall–Kier alpha value is -3.04. The van der Waals surface area contributed by atoms with Crippen LogP contribution in [0.2, 0.25) is 0 Å². The van der Waals surface area contributed by atoms with Crippen LogP contribution < -0.4 is 0 Å². The molecule has 1 fully saturated rings. The molecule has 1 aliphatic heterocycles. The molecule has 0 saturated carbocycles. The van der Waals surface area contributed by atoms with Crippen molar-refractivity contribution >= 4 is 11.9 Å². The van der Waals surface area contributed by atoms with Crippen LogP contribution in [-0.4, -0.2) is 41.0 Å². The molecule has 1 heterocycles. The summed E-state index contributed by atoms with van der Waals surface area (Å²) in [5.41, 5.74) is 9.57. The fourth-order valence-corrected chi connectivity index (χ4v) is 2.65. The molecule has 8 nitrogen and oxygen atoms in total. The van der Waals surface area contributed by atoms with Crippen molar-refractivity contribution in [3.8, 4) is 6.07 Å². The molecule has 118 valence electrons. The molecule has 0 aliphatic carbocycles. The minimum absolute atomic E-state index is 0.152. The molecule has 2 rings (SSSR count). The molecule has 1 aromatic carbocycles. The van der Waals surface area contributed by atoms with Gasteiger partial charge in [0.2, 0.25) is 5.91 Å². The van der Waals surface area contributed by atoms with E-state index in [-0.39, 0.29) is 37.8 Å². The van der Waals surface area contributed by atoms with Crippen LogP contribution in [-0.2, 0) is 16.0 Å². The Morgan fingerprint density at radius 2 is 2.22 bits per heavy atom. The molecular formula is C15H15N5O3. The number of carbonyl (C=O) groups excluding carboxylic acids is 1. The summed E-state index contributed by atoms with van der Waals surface area (Å²) in [5.74, 6) is -1.47. The Morgan fingerprint density at radius 3 is 2.78 bits per heavy atom. The van der Waals surface area contributed by atoms with Gasteiger partial charge >= 0.3 is 5.97 Å². The normalized spacial score (nSPS) is 18.1. The standard InChI is InChI=1S/C15H15N5O3/c16-7-11-3-1-10(2-4-11)5-13(15(22)23)20-9-12(6-14(20)21)8-18-19-17/h1-4,12-13H,5-6,8-9H2,(H,22,23)/t12?,13-/m0/s1. The highest BCUT2D eigenvalue weighted by Crippen LogP contribution is 2.23. The first-order valence-electron chi connectivity index (χ1n) is 7.07. The van der Waals surface area contributed by atoms with Crippen molar-refractivity contribution in [2.45, 2.75) is 18.9 Å². The number of azide groups is 1. The molecule has 8 heteroatoms. The molecule has 2 atom stereocenters. The van der Waals surface area contributed by atoms with E-state index < -0.39 is 12.0 Å². The Labute approximate surface area is 132 Å². The van der Waals surface area contributed by atoms with Crippen LogP contribution in [0.3, 0.4) is 0 Å². The van der Waals surface area contributed by atoms with Crippen molar-refractivity contribution in [1.29, 1.82) is 5.26 Å². The second kappa shape index (κ2) is 7.29. The summed E-state index contributed by atoms with van der Waals surface area (Å²) >= 11 is 0.